The molecule has 1 aromatic carbocycles. The lowest BCUT2D eigenvalue weighted by Crippen LogP contribution is -2.15. The second-order valence-electron chi connectivity index (χ2n) is 5.38. The molecule has 0 bridgehead atoms. The lowest BCUT2D eigenvalue weighted by atomic mass is 10.1. The molecule has 1 amide bonds. The van der Waals surface area contributed by atoms with Gasteiger partial charge in [0.25, 0.3) is 0 Å². The normalized spacial score (nSPS) is 10.9. The maximum Gasteiger partial charge on any atom is 0.226 e. The van der Waals surface area contributed by atoms with Crippen molar-refractivity contribution in [2.45, 2.75) is 20.3 Å². The second kappa shape index (κ2) is 6.50. The first-order valence-electron chi connectivity index (χ1n) is 7.38. The molecule has 5 nitrogen and oxygen atoms in total. The van der Waals surface area contributed by atoms with Crippen LogP contribution in [0.3, 0.4) is 0 Å². The van der Waals surface area contributed by atoms with Crippen molar-refractivity contribution < 1.29 is 4.79 Å². The summed E-state index contributed by atoms with van der Waals surface area (Å²) in [6.45, 7) is 3.94. The Labute approximate surface area is 142 Å². The molecule has 0 aliphatic rings. The first-order chi connectivity index (χ1) is 11.1. The van der Waals surface area contributed by atoms with E-state index in [9.17, 15) is 4.79 Å². The first kappa shape index (κ1) is 15.7. The van der Waals surface area contributed by atoms with Crippen LogP contribution in [0.2, 0.25) is 0 Å². The Morgan fingerprint density at radius 2 is 2.04 bits per heavy atom. The molecule has 6 heteroatoms. The molecule has 0 aliphatic carbocycles. The third-order valence-corrected chi connectivity index (χ3v) is 3.94. The minimum atomic E-state index is -0.0551. The zero-order chi connectivity index (χ0) is 16.4. The van der Waals surface area contributed by atoms with E-state index >= 15 is 0 Å². The summed E-state index contributed by atoms with van der Waals surface area (Å²) >= 11 is 3.27. The first-order valence-corrected chi connectivity index (χ1v) is 8.50. The number of halogens is 1. The molecule has 0 saturated heterocycles. The monoisotopic (exact) mass is 372 g/mol. The Hall–Kier alpha value is -2.21. The van der Waals surface area contributed by atoms with Crippen LogP contribution in [-0.2, 0) is 4.79 Å². The van der Waals surface area contributed by atoms with E-state index in [2.05, 4.69) is 37.4 Å². The Kier molecular flexibility index (Phi) is 4.43. The molecule has 0 atom stereocenters. The molecule has 0 aliphatic heterocycles. The number of hydrogen-bond acceptors (Lipinski definition) is 3. The maximum absolute atomic E-state index is 11.9. The number of aromatic nitrogens is 3. The fraction of sp³-hybridized carbons (Fsp3) is 0.235. The molecule has 23 heavy (non-hydrogen) atoms. The molecule has 0 radical (unpaired) electrons. The number of carbonyl (C=O) groups is 1. The van der Waals surface area contributed by atoms with Crippen LogP contribution < -0.4 is 5.32 Å². The van der Waals surface area contributed by atoms with E-state index in [-0.39, 0.29) is 5.91 Å². The van der Waals surface area contributed by atoms with Gasteiger partial charge in [-0.2, -0.15) is 9.78 Å². The average molecular weight is 373 g/mol. The largest absolute Gasteiger partial charge is 0.311 e. The van der Waals surface area contributed by atoms with Crippen LogP contribution in [0.25, 0.3) is 16.7 Å². The molecule has 0 saturated carbocycles. The molecule has 2 aromatic heterocycles. The Balaban J connectivity index is 2.06. The molecule has 118 valence electrons. The van der Waals surface area contributed by atoms with Gasteiger partial charge >= 0.3 is 0 Å². The number of pyridine rings is 1. The topological polar surface area (TPSA) is 59.8 Å². The van der Waals surface area contributed by atoms with E-state index in [0.717, 1.165) is 22.2 Å². The minimum absolute atomic E-state index is 0.0551. The number of anilines is 1. The number of benzene rings is 1. The number of para-hydroxylation sites is 1. The molecular formula is C17H17BrN4O. The quantitative estimate of drug-likeness (QED) is 0.709. The van der Waals surface area contributed by atoms with Gasteiger partial charge in [0, 0.05) is 23.2 Å². The zero-order valence-electron chi connectivity index (χ0n) is 13.0. The molecule has 1 N–H and O–H groups in total. The third-order valence-electron chi connectivity index (χ3n) is 3.55. The number of fused-ring (bicyclic) bond motifs is 1. The fourth-order valence-electron chi connectivity index (χ4n) is 2.49. The van der Waals surface area contributed by atoms with E-state index < -0.39 is 0 Å². The van der Waals surface area contributed by atoms with E-state index in [0.29, 0.717) is 23.4 Å². The van der Waals surface area contributed by atoms with Crippen LogP contribution in [0.5, 0.6) is 0 Å². The minimum Gasteiger partial charge on any atom is -0.311 e. The van der Waals surface area contributed by atoms with Gasteiger partial charge < -0.3 is 5.32 Å². The van der Waals surface area contributed by atoms with Crippen molar-refractivity contribution in [3.8, 4) is 5.82 Å². The predicted molar refractivity (Wildman–Crippen MR) is 95.4 cm³/mol. The lowest BCUT2D eigenvalue weighted by molar-refractivity contribution is -0.115. The summed E-state index contributed by atoms with van der Waals surface area (Å²) in [5.74, 6) is 1.28. The van der Waals surface area contributed by atoms with Gasteiger partial charge in [-0.25, -0.2) is 4.98 Å². The molecule has 2 heterocycles. The van der Waals surface area contributed by atoms with Gasteiger partial charge in [0.2, 0.25) is 5.91 Å². The number of aryl methyl sites for hydroxylation is 2. The number of amides is 1. The van der Waals surface area contributed by atoms with Gasteiger partial charge in [-0.1, -0.05) is 34.1 Å². The van der Waals surface area contributed by atoms with Crippen molar-refractivity contribution in [3.63, 3.8) is 0 Å². The fourth-order valence-corrected chi connectivity index (χ4v) is 2.85. The zero-order valence-corrected chi connectivity index (χ0v) is 14.6. The van der Waals surface area contributed by atoms with Crippen molar-refractivity contribution >= 4 is 38.6 Å². The highest BCUT2D eigenvalue weighted by atomic mass is 79.9. The number of nitrogens with zero attached hydrogens (tertiary/aromatic N) is 3. The number of nitrogens with one attached hydrogen (secondary N) is 1. The van der Waals surface area contributed by atoms with Crippen LogP contribution in [-0.4, -0.2) is 26.0 Å². The van der Waals surface area contributed by atoms with E-state index in [1.807, 2.05) is 44.2 Å². The van der Waals surface area contributed by atoms with Gasteiger partial charge in [-0.3, -0.25) is 4.79 Å². The predicted octanol–water partition coefficient (Wildman–Crippen LogP) is 3.76. The van der Waals surface area contributed by atoms with Gasteiger partial charge in [0.15, 0.2) is 5.82 Å². The van der Waals surface area contributed by atoms with Crippen molar-refractivity contribution in [1.82, 2.24) is 14.8 Å². The Bertz CT molecular complexity index is 872. The molecule has 0 fully saturated rings. The van der Waals surface area contributed by atoms with Crippen LogP contribution in [0.4, 0.5) is 5.82 Å². The molecule has 3 rings (SSSR count). The second-order valence-corrected chi connectivity index (χ2v) is 6.18. The maximum atomic E-state index is 11.9. The van der Waals surface area contributed by atoms with Crippen LogP contribution >= 0.6 is 15.9 Å². The van der Waals surface area contributed by atoms with Crippen molar-refractivity contribution in [1.29, 1.82) is 0 Å². The molecule has 0 unspecified atom stereocenters. The van der Waals surface area contributed by atoms with Gasteiger partial charge in [0.1, 0.15) is 5.82 Å². The van der Waals surface area contributed by atoms with E-state index in [4.69, 9.17) is 0 Å². The summed E-state index contributed by atoms with van der Waals surface area (Å²) in [6, 6.07) is 11.8. The van der Waals surface area contributed by atoms with Gasteiger partial charge in [-0.05, 0) is 31.5 Å². The molecule has 0 spiro atoms. The van der Waals surface area contributed by atoms with E-state index in [1.54, 1.807) is 4.68 Å². The van der Waals surface area contributed by atoms with Crippen LogP contribution in [0.15, 0.2) is 36.4 Å². The highest BCUT2D eigenvalue weighted by molar-refractivity contribution is 9.09. The summed E-state index contributed by atoms with van der Waals surface area (Å²) in [6.07, 6.45) is 0.411. The Morgan fingerprint density at radius 1 is 1.26 bits per heavy atom. The van der Waals surface area contributed by atoms with Crippen LogP contribution in [0.1, 0.15) is 17.7 Å². The number of rotatable bonds is 4. The summed E-state index contributed by atoms with van der Waals surface area (Å²) in [7, 11) is 0. The number of alkyl halides is 1. The molecular weight excluding hydrogens is 356 g/mol. The SMILES string of the molecule is Cc1cc(NC(=O)CCBr)n(-c2cc(C)c3ccccc3n2)n1. The summed E-state index contributed by atoms with van der Waals surface area (Å²) in [4.78, 5) is 16.6. The summed E-state index contributed by atoms with van der Waals surface area (Å²) < 4.78 is 1.68. The average Bonchev–Trinajstić information content (AvgIpc) is 2.88. The van der Waals surface area contributed by atoms with Crippen molar-refractivity contribution in [2.24, 2.45) is 0 Å². The lowest BCUT2D eigenvalue weighted by Gasteiger charge is -2.10. The summed E-state index contributed by atoms with van der Waals surface area (Å²) in [5.41, 5.74) is 2.86. The van der Waals surface area contributed by atoms with Gasteiger partial charge in [0.05, 0.1) is 11.2 Å². The molecule has 3 aromatic rings. The number of carbonyl (C=O) groups excluding carboxylic acids is 1. The van der Waals surface area contributed by atoms with Crippen molar-refractivity contribution in [2.75, 3.05) is 10.6 Å². The van der Waals surface area contributed by atoms with Crippen molar-refractivity contribution in [3.05, 3.63) is 47.7 Å². The van der Waals surface area contributed by atoms with Crippen LogP contribution in [0, 0.1) is 13.8 Å². The number of hydrogen-bond donors (Lipinski definition) is 1. The van der Waals surface area contributed by atoms with Gasteiger partial charge in [-0.15, -0.1) is 0 Å². The Morgan fingerprint density at radius 3 is 2.83 bits per heavy atom. The van der Waals surface area contributed by atoms with E-state index in [1.165, 1.54) is 0 Å². The smallest absolute Gasteiger partial charge is 0.226 e. The highest BCUT2D eigenvalue weighted by Gasteiger charge is 2.13. The standard InChI is InChI=1S/C17H17BrN4O/c1-11-9-15(19-14-6-4-3-5-13(11)14)22-16(10-12(2)21-22)20-17(23)7-8-18/h3-6,9-10H,7-8H2,1-2H3,(H,20,23). The third kappa shape index (κ3) is 3.27. The highest BCUT2D eigenvalue weighted by Crippen LogP contribution is 2.22. The summed E-state index contributed by atoms with van der Waals surface area (Å²) in [5, 5.41) is 9.10.